The summed E-state index contributed by atoms with van der Waals surface area (Å²) in [5.74, 6) is 0.364. The van der Waals surface area contributed by atoms with E-state index in [0.29, 0.717) is 5.56 Å². The number of hydrogen-bond donors (Lipinski definition) is 0. The zero-order chi connectivity index (χ0) is 24.8. The fourth-order valence-corrected chi connectivity index (χ4v) is 5.08. The van der Waals surface area contributed by atoms with Crippen molar-refractivity contribution in [3.05, 3.63) is 95.6 Å². The Morgan fingerprint density at radius 3 is 2.33 bits per heavy atom. The average Bonchev–Trinajstić information content (AvgIpc) is 3.58. The summed E-state index contributed by atoms with van der Waals surface area (Å²) in [6.45, 7) is 2.00. The van der Waals surface area contributed by atoms with Gasteiger partial charge in [-0.15, -0.1) is 0 Å². The molecular weight excluding hydrogens is 456 g/mol. The molecule has 0 aliphatic carbocycles. The van der Waals surface area contributed by atoms with Crippen LogP contribution in [0, 0.1) is 17.2 Å². The van der Waals surface area contributed by atoms with E-state index in [-0.39, 0.29) is 17.9 Å². The number of nitriles is 1. The zero-order valence-corrected chi connectivity index (χ0v) is 19.8. The molecule has 0 N–H and O–H groups in total. The topological polar surface area (TPSA) is 87.4 Å². The number of hydrogen-bond acceptors (Lipinski definition) is 7. The highest BCUT2D eigenvalue weighted by Crippen LogP contribution is 2.47. The lowest BCUT2D eigenvalue weighted by Crippen LogP contribution is -2.50. The molecule has 4 heterocycles. The molecule has 4 aliphatic rings. The third kappa shape index (κ3) is 3.52. The molecule has 4 aliphatic heterocycles. The van der Waals surface area contributed by atoms with E-state index in [9.17, 15) is 10.1 Å². The summed E-state index contributed by atoms with van der Waals surface area (Å²) in [6.07, 6.45) is -1.19. The van der Waals surface area contributed by atoms with Crippen LogP contribution in [0.2, 0.25) is 0 Å². The Balaban J connectivity index is 1.38. The lowest BCUT2D eigenvalue weighted by Gasteiger charge is -2.32. The number of carbonyl (C=O) groups excluding carboxylic acids is 1. The Labute approximate surface area is 208 Å². The van der Waals surface area contributed by atoms with Gasteiger partial charge in [0.15, 0.2) is 6.29 Å². The van der Waals surface area contributed by atoms with Crippen LogP contribution in [-0.2, 0) is 14.3 Å². The van der Waals surface area contributed by atoms with Crippen molar-refractivity contribution in [3.63, 3.8) is 0 Å². The molecule has 8 nitrogen and oxygen atoms in total. The predicted molar refractivity (Wildman–Crippen MR) is 132 cm³/mol. The normalized spacial score (nSPS) is 26.2. The summed E-state index contributed by atoms with van der Waals surface area (Å²) in [5, 5.41) is 15.9. The molecule has 7 rings (SSSR count). The van der Waals surface area contributed by atoms with Gasteiger partial charge in [0.2, 0.25) is 6.41 Å². The molecule has 0 radical (unpaired) electrons. The predicted octanol–water partition coefficient (Wildman–Crippen LogP) is 4.04. The minimum atomic E-state index is -0.711. The molecule has 0 spiro atoms. The second-order valence-electron chi connectivity index (χ2n) is 9.00. The molecule has 1 amide bonds. The largest absolute Gasteiger partial charge is 0.497 e. The Morgan fingerprint density at radius 1 is 1.00 bits per heavy atom. The van der Waals surface area contributed by atoms with E-state index < -0.39 is 18.7 Å². The van der Waals surface area contributed by atoms with Crippen LogP contribution in [0.25, 0.3) is 0 Å². The molecule has 3 aromatic carbocycles. The second-order valence-corrected chi connectivity index (χ2v) is 9.00. The molecule has 3 fully saturated rings. The van der Waals surface area contributed by atoms with Crippen molar-refractivity contribution in [1.29, 1.82) is 5.26 Å². The molecule has 3 atom stereocenters. The number of fused-ring (bicyclic) bond motifs is 1. The van der Waals surface area contributed by atoms with Crippen molar-refractivity contribution in [1.82, 2.24) is 4.90 Å². The number of rotatable bonds is 5. The first-order valence-electron chi connectivity index (χ1n) is 11.8. The highest BCUT2D eigenvalue weighted by Gasteiger charge is 2.59. The smallest absolute Gasteiger partial charge is 0.252 e. The SMILES string of the molecule is COc1ccc(N2N=C(c3ccc(C#N)cc3)C(C)C2C(=O)N2C3OC(O3)C2c2ccccc2)cc1. The monoisotopic (exact) mass is 480 g/mol. The summed E-state index contributed by atoms with van der Waals surface area (Å²) in [4.78, 5) is 15.9. The molecular formula is C28H24N4O4. The van der Waals surface area contributed by atoms with E-state index in [0.717, 1.165) is 28.3 Å². The van der Waals surface area contributed by atoms with Crippen LogP contribution in [-0.4, -0.2) is 42.4 Å². The number of methoxy groups -OCH3 is 1. The van der Waals surface area contributed by atoms with Gasteiger partial charge < -0.3 is 14.2 Å². The number of benzene rings is 3. The van der Waals surface area contributed by atoms with E-state index in [4.69, 9.17) is 19.3 Å². The molecule has 8 heteroatoms. The molecule has 3 aromatic rings. The van der Waals surface area contributed by atoms with Gasteiger partial charge in [-0.25, -0.2) is 0 Å². The summed E-state index contributed by atoms with van der Waals surface area (Å²) in [7, 11) is 1.61. The maximum absolute atomic E-state index is 14.2. The first-order chi connectivity index (χ1) is 17.6. The Kier molecular flexibility index (Phi) is 5.44. The average molecular weight is 481 g/mol. The van der Waals surface area contributed by atoms with E-state index in [1.54, 1.807) is 29.2 Å². The van der Waals surface area contributed by atoms with Gasteiger partial charge in [0, 0.05) is 5.92 Å². The number of ether oxygens (including phenoxy) is 3. The van der Waals surface area contributed by atoms with E-state index >= 15 is 0 Å². The van der Waals surface area contributed by atoms with Gasteiger partial charge in [-0.2, -0.15) is 10.4 Å². The molecule has 0 aromatic heterocycles. The number of amides is 1. The summed E-state index contributed by atoms with van der Waals surface area (Å²) < 4.78 is 17.0. The van der Waals surface area contributed by atoms with Crippen molar-refractivity contribution in [3.8, 4) is 11.8 Å². The Morgan fingerprint density at radius 2 is 1.69 bits per heavy atom. The van der Waals surface area contributed by atoms with Gasteiger partial charge in [0.05, 0.1) is 30.1 Å². The number of carbonyl (C=O) groups is 1. The lowest BCUT2D eigenvalue weighted by molar-refractivity contribution is -0.357. The van der Waals surface area contributed by atoms with Crippen molar-refractivity contribution < 1.29 is 19.0 Å². The van der Waals surface area contributed by atoms with E-state index in [1.807, 2.05) is 73.7 Å². The zero-order valence-electron chi connectivity index (χ0n) is 19.8. The fraction of sp³-hybridized carbons (Fsp3) is 0.250. The molecule has 3 unspecified atom stereocenters. The summed E-state index contributed by atoms with van der Waals surface area (Å²) in [6, 6.07) is 25.8. The first-order valence-corrected chi connectivity index (χ1v) is 11.8. The van der Waals surface area contributed by atoms with Crippen LogP contribution in [0.15, 0.2) is 84.0 Å². The molecule has 180 valence electrons. The number of nitrogens with zero attached hydrogens (tertiary/aromatic N) is 4. The summed E-state index contributed by atoms with van der Waals surface area (Å²) >= 11 is 0. The van der Waals surface area contributed by atoms with Gasteiger partial charge in [-0.3, -0.25) is 14.7 Å². The molecule has 0 saturated carbocycles. The number of anilines is 1. The van der Waals surface area contributed by atoms with Crippen LogP contribution in [0.3, 0.4) is 0 Å². The quantitative estimate of drug-likeness (QED) is 0.548. The van der Waals surface area contributed by atoms with Crippen molar-refractivity contribution >= 4 is 17.3 Å². The first kappa shape index (κ1) is 22.3. The van der Waals surface area contributed by atoms with Crippen LogP contribution in [0.4, 0.5) is 5.69 Å². The van der Waals surface area contributed by atoms with Gasteiger partial charge in [-0.1, -0.05) is 49.4 Å². The third-order valence-electron chi connectivity index (χ3n) is 6.96. The maximum Gasteiger partial charge on any atom is 0.252 e. The number of hydrazone groups is 1. The molecule has 36 heavy (non-hydrogen) atoms. The Bertz CT molecular complexity index is 1350. The van der Waals surface area contributed by atoms with E-state index in [1.165, 1.54) is 0 Å². The lowest BCUT2D eigenvalue weighted by atomic mass is 9.91. The van der Waals surface area contributed by atoms with Crippen LogP contribution < -0.4 is 9.75 Å². The van der Waals surface area contributed by atoms with Crippen molar-refractivity contribution in [2.24, 2.45) is 11.0 Å². The van der Waals surface area contributed by atoms with Crippen LogP contribution in [0.1, 0.15) is 29.7 Å². The highest BCUT2D eigenvalue weighted by molar-refractivity contribution is 6.08. The van der Waals surface area contributed by atoms with Crippen LogP contribution >= 0.6 is 0 Å². The van der Waals surface area contributed by atoms with Gasteiger partial charge in [-0.05, 0) is 47.5 Å². The molecule has 3 saturated heterocycles. The summed E-state index contributed by atoms with van der Waals surface area (Å²) in [5.41, 5.74) is 3.95. The fourth-order valence-electron chi connectivity index (χ4n) is 5.08. The standard InChI is InChI=1S/C28H24N4O4/c1-17-23(19-10-8-18(16-29)9-11-19)30-32(21-12-14-22(34-2)15-13-21)24(17)26(33)31-25(27-35-28(31)36-27)20-6-4-3-5-7-20/h3-15,17,24-25,27-28H,1-2H3. The highest BCUT2D eigenvalue weighted by atomic mass is 16.9. The third-order valence-corrected chi connectivity index (χ3v) is 6.96. The van der Waals surface area contributed by atoms with Gasteiger partial charge in [0.1, 0.15) is 17.8 Å². The van der Waals surface area contributed by atoms with Gasteiger partial charge in [0.25, 0.3) is 5.91 Å². The van der Waals surface area contributed by atoms with E-state index in [2.05, 4.69) is 6.07 Å². The van der Waals surface area contributed by atoms with Gasteiger partial charge >= 0.3 is 0 Å². The minimum Gasteiger partial charge on any atom is -0.497 e. The minimum absolute atomic E-state index is 0.121. The van der Waals surface area contributed by atoms with Crippen molar-refractivity contribution in [2.75, 3.05) is 12.1 Å². The maximum atomic E-state index is 14.2. The Hall–Kier alpha value is -4.19. The molecule has 2 bridgehead atoms. The second kappa shape index (κ2) is 8.79. The van der Waals surface area contributed by atoms with Crippen molar-refractivity contribution in [2.45, 2.75) is 31.7 Å². The van der Waals surface area contributed by atoms with Crippen LogP contribution in [0.5, 0.6) is 5.75 Å².